The summed E-state index contributed by atoms with van der Waals surface area (Å²) in [6, 6.07) is 4.22. The summed E-state index contributed by atoms with van der Waals surface area (Å²) < 4.78 is 32.2. The highest BCUT2D eigenvalue weighted by Gasteiger charge is 2.24. The molecule has 0 unspecified atom stereocenters. The van der Waals surface area contributed by atoms with E-state index in [2.05, 4.69) is 10.0 Å². The molecular weight excluding hydrogens is 306 g/mol. The molecule has 0 aliphatic heterocycles. The minimum atomic E-state index is -3.80. The van der Waals surface area contributed by atoms with Gasteiger partial charge in [0.2, 0.25) is 10.0 Å². The van der Waals surface area contributed by atoms with Crippen molar-refractivity contribution in [2.75, 3.05) is 11.1 Å². The number of carbonyl (C=O) groups is 1. The molecule has 0 atom stereocenters. The molecule has 0 aliphatic rings. The van der Waals surface area contributed by atoms with Crippen molar-refractivity contribution in [1.82, 2.24) is 4.72 Å². The van der Waals surface area contributed by atoms with Gasteiger partial charge in [-0.2, -0.15) is 0 Å². The quantitative estimate of drug-likeness (QED) is 0.734. The Bertz CT molecular complexity index is 649. The second-order valence-electron chi connectivity index (χ2n) is 6.19. The summed E-state index contributed by atoms with van der Waals surface area (Å²) in [5.74, 6) is 0. The topological polar surface area (TPSA) is 111 Å². The van der Waals surface area contributed by atoms with E-state index in [-0.39, 0.29) is 22.4 Å². The van der Waals surface area contributed by atoms with Gasteiger partial charge >= 0.3 is 6.09 Å². The molecule has 124 valence electrons. The first kappa shape index (κ1) is 18.2. The van der Waals surface area contributed by atoms with Gasteiger partial charge in [-0.3, -0.25) is 5.32 Å². The van der Waals surface area contributed by atoms with Gasteiger partial charge in [0.05, 0.1) is 11.8 Å². The van der Waals surface area contributed by atoms with Gasteiger partial charge in [-0.05, 0) is 52.8 Å². The number of benzene rings is 1. The summed E-state index contributed by atoms with van der Waals surface area (Å²) >= 11 is 0. The zero-order valence-corrected chi connectivity index (χ0v) is 14.2. The highest BCUT2D eigenvalue weighted by molar-refractivity contribution is 7.89. The van der Waals surface area contributed by atoms with Crippen molar-refractivity contribution in [3.63, 3.8) is 0 Å². The molecule has 0 radical (unpaired) electrons. The fourth-order valence-electron chi connectivity index (χ4n) is 1.66. The lowest BCUT2D eigenvalue weighted by molar-refractivity contribution is 0.130. The number of amides is 1. The summed E-state index contributed by atoms with van der Waals surface area (Å²) in [7, 11) is -3.80. The molecule has 0 aliphatic carbocycles. The lowest BCUT2D eigenvalue weighted by Gasteiger charge is -2.21. The number of hydrogen-bond acceptors (Lipinski definition) is 5. The van der Waals surface area contributed by atoms with Crippen LogP contribution < -0.4 is 15.8 Å². The predicted molar refractivity (Wildman–Crippen MR) is 86.2 cm³/mol. The molecule has 8 heteroatoms. The molecule has 0 saturated carbocycles. The van der Waals surface area contributed by atoms with Crippen LogP contribution in [-0.4, -0.2) is 26.2 Å². The van der Waals surface area contributed by atoms with Crippen LogP contribution >= 0.6 is 0 Å². The third-order valence-corrected chi connectivity index (χ3v) is 4.15. The molecule has 1 amide bonds. The third-order valence-electron chi connectivity index (χ3n) is 2.33. The molecule has 4 N–H and O–H groups in total. The van der Waals surface area contributed by atoms with Crippen molar-refractivity contribution in [3.05, 3.63) is 18.2 Å². The molecule has 0 saturated heterocycles. The van der Waals surface area contributed by atoms with Crippen molar-refractivity contribution in [1.29, 1.82) is 0 Å². The van der Waals surface area contributed by atoms with Gasteiger partial charge in [-0.15, -0.1) is 0 Å². The van der Waals surface area contributed by atoms with E-state index >= 15 is 0 Å². The Hall–Kier alpha value is -1.80. The van der Waals surface area contributed by atoms with Crippen LogP contribution in [0, 0.1) is 0 Å². The smallest absolute Gasteiger partial charge is 0.411 e. The number of rotatable bonds is 4. The van der Waals surface area contributed by atoms with Gasteiger partial charge in [-0.25, -0.2) is 17.9 Å². The maximum atomic E-state index is 12.3. The average molecular weight is 329 g/mol. The Morgan fingerprint density at radius 3 is 2.36 bits per heavy atom. The van der Waals surface area contributed by atoms with Crippen molar-refractivity contribution < 1.29 is 17.9 Å². The average Bonchev–Trinajstić information content (AvgIpc) is 2.27. The van der Waals surface area contributed by atoms with Crippen LogP contribution in [0.25, 0.3) is 0 Å². The fraction of sp³-hybridized carbons (Fsp3) is 0.500. The Morgan fingerprint density at radius 1 is 1.27 bits per heavy atom. The zero-order valence-electron chi connectivity index (χ0n) is 13.4. The van der Waals surface area contributed by atoms with Crippen LogP contribution in [0.4, 0.5) is 16.2 Å². The van der Waals surface area contributed by atoms with Crippen molar-refractivity contribution in [2.45, 2.75) is 51.2 Å². The number of hydrogen-bond donors (Lipinski definition) is 3. The molecule has 0 bridgehead atoms. The van der Waals surface area contributed by atoms with E-state index in [4.69, 9.17) is 10.5 Å². The number of carbonyl (C=O) groups excluding carboxylic acids is 1. The van der Waals surface area contributed by atoms with Crippen LogP contribution in [0.5, 0.6) is 0 Å². The summed E-state index contributed by atoms with van der Waals surface area (Å²) in [6.07, 6.45) is -0.938. The van der Waals surface area contributed by atoms with E-state index < -0.39 is 21.7 Å². The zero-order chi connectivity index (χ0) is 17.1. The Morgan fingerprint density at radius 2 is 1.86 bits per heavy atom. The molecule has 7 nitrogen and oxygen atoms in total. The second kappa shape index (κ2) is 6.53. The van der Waals surface area contributed by atoms with Crippen molar-refractivity contribution >= 4 is 27.5 Å². The molecule has 0 spiro atoms. The minimum Gasteiger partial charge on any atom is -0.447 e. The maximum Gasteiger partial charge on any atom is 0.411 e. The number of nitrogens with one attached hydrogen (secondary N) is 2. The molecule has 0 fully saturated rings. The van der Waals surface area contributed by atoms with E-state index in [1.54, 1.807) is 34.6 Å². The van der Waals surface area contributed by atoms with E-state index in [0.29, 0.717) is 0 Å². The van der Waals surface area contributed by atoms with E-state index in [9.17, 15) is 13.2 Å². The summed E-state index contributed by atoms with van der Waals surface area (Å²) in [4.78, 5) is 11.5. The van der Waals surface area contributed by atoms with Crippen molar-refractivity contribution in [2.24, 2.45) is 0 Å². The van der Waals surface area contributed by atoms with Crippen LogP contribution in [0.15, 0.2) is 23.1 Å². The summed E-state index contributed by atoms with van der Waals surface area (Å²) in [5, 5.41) is 2.47. The van der Waals surface area contributed by atoms with Crippen LogP contribution in [0.2, 0.25) is 0 Å². The Kier molecular flexibility index (Phi) is 5.42. The third kappa shape index (κ3) is 5.53. The molecular formula is C14H23N3O4S. The molecule has 22 heavy (non-hydrogen) atoms. The first-order valence-electron chi connectivity index (χ1n) is 6.82. The van der Waals surface area contributed by atoms with Gasteiger partial charge in [0, 0.05) is 11.2 Å². The first-order valence-corrected chi connectivity index (χ1v) is 8.30. The van der Waals surface area contributed by atoms with Crippen molar-refractivity contribution in [3.8, 4) is 0 Å². The molecule has 1 aromatic rings. The summed E-state index contributed by atoms with van der Waals surface area (Å²) in [5.41, 5.74) is 5.48. The maximum absolute atomic E-state index is 12.3. The lowest BCUT2D eigenvalue weighted by Crippen LogP contribution is -2.40. The van der Waals surface area contributed by atoms with Gasteiger partial charge in [0.1, 0.15) is 4.90 Å². The first-order chi connectivity index (χ1) is 9.90. The van der Waals surface area contributed by atoms with E-state index in [1.807, 2.05) is 0 Å². The highest BCUT2D eigenvalue weighted by Crippen LogP contribution is 2.24. The normalized spacial score (nSPS) is 12.3. The van der Waals surface area contributed by atoms with E-state index in [1.165, 1.54) is 18.2 Å². The standard InChI is InChI=1S/C14H23N3O4S/c1-9(2)21-13(18)16-10-6-7-11(15)12(8-10)22(19,20)17-14(3,4)5/h6-9,17H,15H2,1-5H3,(H,16,18). The highest BCUT2D eigenvalue weighted by atomic mass is 32.2. The van der Waals surface area contributed by atoms with Gasteiger partial charge in [0.25, 0.3) is 0 Å². The summed E-state index contributed by atoms with van der Waals surface area (Å²) in [6.45, 7) is 8.60. The molecule has 1 rings (SSSR count). The number of sulfonamides is 1. The van der Waals surface area contributed by atoms with Gasteiger partial charge in [-0.1, -0.05) is 0 Å². The lowest BCUT2D eigenvalue weighted by atomic mass is 10.1. The predicted octanol–water partition coefficient (Wildman–Crippen LogP) is 2.30. The van der Waals surface area contributed by atoms with Crippen LogP contribution in [0.3, 0.4) is 0 Å². The van der Waals surface area contributed by atoms with Crippen LogP contribution in [-0.2, 0) is 14.8 Å². The number of nitrogen functional groups attached to an aromatic ring is 1. The molecule has 0 heterocycles. The number of ether oxygens (including phenoxy) is 1. The Labute approximate surface area is 131 Å². The SMILES string of the molecule is CC(C)OC(=O)Nc1ccc(N)c(S(=O)(=O)NC(C)(C)C)c1. The molecule has 1 aromatic carbocycles. The molecule has 0 aromatic heterocycles. The van der Waals surface area contributed by atoms with Crippen LogP contribution in [0.1, 0.15) is 34.6 Å². The van der Waals surface area contributed by atoms with E-state index in [0.717, 1.165) is 0 Å². The monoisotopic (exact) mass is 329 g/mol. The number of anilines is 2. The largest absolute Gasteiger partial charge is 0.447 e. The minimum absolute atomic E-state index is 0.0928. The number of nitrogens with two attached hydrogens (primary N) is 1. The van der Waals surface area contributed by atoms with Gasteiger partial charge in [0.15, 0.2) is 0 Å². The van der Waals surface area contributed by atoms with Gasteiger partial charge < -0.3 is 10.5 Å². The Balaban J connectivity index is 3.07. The second-order valence-corrected chi connectivity index (χ2v) is 7.84. The fourth-order valence-corrected chi connectivity index (χ4v) is 3.24.